The number of hydrogen-bond donors (Lipinski definition) is 3. The first kappa shape index (κ1) is 26.7. The zero-order valence-corrected chi connectivity index (χ0v) is 20.7. The number of methoxy groups -OCH3 is 1. The van der Waals surface area contributed by atoms with E-state index in [-0.39, 0.29) is 24.3 Å². The van der Waals surface area contributed by atoms with Gasteiger partial charge in [0.2, 0.25) is 11.8 Å². The first-order valence-electron chi connectivity index (χ1n) is 11.8. The van der Waals surface area contributed by atoms with Crippen molar-refractivity contribution in [2.24, 2.45) is 0 Å². The second-order valence-electron chi connectivity index (χ2n) is 8.54. The summed E-state index contributed by atoms with van der Waals surface area (Å²) >= 11 is 0. The number of rotatable bonds is 12. The molecule has 0 aromatic heterocycles. The molecule has 0 saturated heterocycles. The maximum atomic E-state index is 13.2. The molecule has 190 valence electrons. The molecule has 0 aliphatic carbocycles. The van der Waals surface area contributed by atoms with Gasteiger partial charge >= 0.3 is 0 Å². The van der Waals surface area contributed by atoms with Crippen molar-refractivity contribution < 1.29 is 23.5 Å². The third-order valence-electron chi connectivity index (χ3n) is 5.29. The summed E-state index contributed by atoms with van der Waals surface area (Å²) in [7, 11) is 1.61. The lowest BCUT2D eigenvalue weighted by Gasteiger charge is -2.19. The van der Waals surface area contributed by atoms with E-state index in [4.69, 9.17) is 9.47 Å². The predicted molar refractivity (Wildman–Crippen MR) is 139 cm³/mol. The molecule has 36 heavy (non-hydrogen) atoms. The fourth-order valence-electron chi connectivity index (χ4n) is 3.49. The molecule has 3 aromatic rings. The largest absolute Gasteiger partial charge is 0.497 e. The van der Waals surface area contributed by atoms with Crippen LogP contribution in [-0.4, -0.2) is 37.6 Å². The van der Waals surface area contributed by atoms with Gasteiger partial charge in [0.05, 0.1) is 25.7 Å². The summed E-state index contributed by atoms with van der Waals surface area (Å²) in [5.41, 5.74) is 2.12. The zero-order chi connectivity index (χ0) is 25.9. The summed E-state index contributed by atoms with van der Waals surface area (Å²) in [5, 5.41) is 8.75. The van der Waals surface area contributed by atoms with Crippen LogP contribution in [0, 0.1) is 5.82 Å². The smallest absolute Gasteiger partial charge is 0.242 e. The van der Waals surface area contributed by atoms with Gasteiger partial charge in [0.1, 0.15) is 17.3 Å². The molecular weight excluding hydrogens is 461 g/mol. The van der Waals surface area contributed by atoms with Crippen LogP contribution in [0.25, 0.3) is 0 Å². The van der Waals surface area contributed by atoms with Gasteiger partial charge in [-0.2, -0.15) is 0 Å². The highest BCUT2D eigenvalue weighted by molar-refractivity contribution is 6.00. The van der Waals surface area contributed by atoms with E-state index in [9.17, 15) is 14.0 Å². The number of carbonyl (C=O) groups is 2. The molecule has 0 spiro atoms. The number of carbonyl (C=O) groups excluding carboxylic acids is 2. The number of benzene rings is 3. The summed E-state index contributed by atoms with van der Waals surface area (Å²) in [4.78, 5) is 25.7. The molecule has 3 rings (SSSR count). The number of halogens is 1. The minimum absolute atomic E-state index is 0.0507. The molecule has 8 heteroatoms. The van der Waals surface area contributed by atoms with Gasteiger partial charge in [-0.15, -0.1) is 0 Å². The second kappa shape index (κ2) is 13.3. The lowest BCUT2D eigenvalue weighted by molar-refractivity contribution is -0.123. The highest BCUT2D eigenvalue weighted by atomic mass is 19.1. The van der Waals surface area contributed by atoms with Crippen LogP contribution in [0.15, 0.2) is 72.8 Å². The van der Waals surface area contributed by atoms with Gasteiger partial charge in [-0.05, 0) is 93.0 Å². The number of ether oxygens (including phenoxy) is 2. The van der Waals surface area contributed by atoms with Crippen LogP contribution in [0.2, 0.25) is 0 Å². The van der Waals surface area contributed by atoms with Crippen LogP contribution >= 0.6 is 0 Å². The molecule has 0 aliphatic rings. The molecule has 1 unspecified atom stereocenters. The molecule has 1 atom stereocenters. The molecule has 0 fully saturated rings. The average molecular weight is 494 g/mol. The van der Waals surface area contributed by atoms with Crippen LogP contribution in [0.5, 0.6) is 11.5 Å². The molecule has 3 N–H and O–H groups in total. The average Bonchev–Trinajstić information content (AvgIpc) is 2.86. The zero-order valence-electron chi connectivity index (χ0n) is 20.7. The predicted octanol–water partition coefficient (Wildman–Crippen LogP) is 4.79. The minimum atomic E-state index is -0.795. The van der Waals surface area contributed by atoms with Crippen LogP contribution in [0.1, 0.15) is 25.8 Å². The third kappa shape index (κ3) is 8.70. The molecule has 7 nitrogen and oxygen atoms in total. The summed E-state index contributed by atoms with van der Waals surface area (Å²) in [6.07, 6.45) is 0.623. The van der Waals surface area contributed by atoms with Gasteiger partial charge in [0.15, 0.2) is 0 Å². The van der Waals surface area contributed by atoms with Gasteiger partial charge in [-0.1, -0.05) is 12.1 Å². The number of nitrogens with one attached hydrogen (secondary N) is 3. The third-order valence-corrected chi connectivity index (χ3v) is 5.29. The Morgan fingerprint density at radius 2 is 1.42 bits per heavy atom. The number of hydrogen-bond acceptors (Lipinski definition) is 5. The maximum Gasteiger partial charge on any atom is 0.242 e. The van der Waals surface area contributed by atoms with Crippen molar-refractivity contribution in [3.63, 3.8) is 0 Å². The Morgan fingerprint density at radius 3 is 2.03 bits per heavy atom. The highest BCUT2D eigenvalue weighted by Crippen LogP contribution is 2.18. The SMILES string of the molecule is COc1ccc(CCNC(CC(=O)Nc2ccc(OC(C)C)cc2)C(=O)Nc2ccc(F)cc2)cc1. The van der Waals surface area contributed by atoms with E-state index < -0.39 is 11.9 Å². The van der Waals surface area contributed by atoms with Crippen molar-refractivity contribution in [3.05, 3.63) is 84.2 Å². The molecule has 0 aliphatic heterocycles. The topological polar surface area (TPSA) is 88.7 Å². The Balaban J connectivity index is 1.62. The Labute approximate surface area is 211 Å². The Morgan fingerprint density at radius 1 is 0.833 bits per heavy atom. The molecule has 0 heterocycles. The van der Waals surface area contributed by atoms with Crippen molar-refractivity contribution in [1.29, 1.82) is 0 Å². The van der Waals surface area contributed by atoms with E-state index >= 15 is 0 Å². The first-order chi connectivity index (χ1) is 17.3. The van der Waals surface area contributed by atoms with Gasteiger partial charge in [0.25, 0.3) is 0 Å². The summed E-state index contributed by atoms with van der Waals surface area (Å²) in [6.45, 7) is 4.35. The van der Waals surface area contributed by atoms with Crippen molar-refractivity contribution in [1.82, 2.24) is 5.32 Å². The minimum Gasteiger partial charge on any atom is -0.497 e. The van der Waals surface area contributed by atoms with E-state index in [0.717, 1.165) is 11.3 Å². The summed E-state index contributed by atoms with van der Waals surface area (Å²) in [6, 6.07) is 19.4. The maximum absolute atomic E-state index is 13.2. The van der Waals surface area contributed by atoms with Crippen LogP contribution in [-0.2, 0) is 16.0 Å². The van der Waals surface area contributed by atoms with Crippen LogP contribution < -0.4 is 25.4 Å². The lowest BCUT2D eigenvalue weighted by Crippen LogP contribution is -2.43. The molecular formula is C28H32FN3O4. The van der Waals surface area contributed by atoms with Gasteiger partial charge in [0, 0.05) is 11.4 Å². The Kier molecular flexibility index (Phi) is 9.82. The van der Waals surface area contributed by atoms with Crippen LogP contribution in [0.3, 0.4) is 0 Å². The van der Waals surface area contributed by atoms with E-state index in [2.05, 4.69) is 16.0 Å². The fraction of sp³-hybridized carbons (Fsp3) is 0.286. The molecule has 0 radical (unpaired) electrons. The van der Waals surface area contributed by atoms with Gasteiger partial charge < -0.3 is 25.4 Å². The summed E-state index contributed by atoms with van der Waals surface area (Å²) < 4.78 is 24.0. The first-order valence-corrected chi connectivity index (χ1v) is 11.8. The fourth-order valence-corrected chi connectivity index (χ4v) is 3.49. The molecule has 2 amide bonds. The highest BCUT2D eigenvalue weighted by Gasteiger charge is 2.22. The van der Waals surface area contributed by atoms with E-state index in [1.807, 2.05) is 38.1 Å². The van der Waals surface area contributed by atoms with Crippen molar-refractivity contribution in [2.45, 2.75) is 38.8 Å². The van der Waals surface area contributed by atoms with Crippen LogP contribution in [0.4, 0.5) is 15.8 Å². The van der Waals surface area contributed by atoms with E-state index in [1.54, 1.807) is 31.4 Å². The normalized spacial score (nSPS) is 11.6. The van der Waals surface area contributed by atoms with E-state index in [1.165, 1.54) is 24.3 Å². The van der Waals surface area contributed by atoms with Gasteiger partial charge in [-0.25, -0.2) is 4.39 Å². The van der Waals surface area contributed by atoms with Crippen molar-refractivity contribution in [2.75, 3.05) is 24.3 Å². The Hall–Kier alpha value is -3.91. The second-order valence-corrected chi connectivity index (χ2v) is 8.54. The van der Waals surface area contributed by atoms with Crippen molar-refractivity contribution >= 4 is 23.2 Å². The Bertz CT molecular complexity index is 1120. The monoisotopic (exact) mass is 493 g/mol. The van der Waals surface area contributed by atoms with Gasteiger partial charge in [-0.3, -0.25) is 9.59 Å². The van der Waals surface area contributed by atoms with Crippen molar-refractivity contribution in [3.8, 4) is 11.5 Å². The molecule has 3 aromatic carbocycles. The quantitative estimate of drug-likeness (QED) is 0.338. The lowest BCUT2D eigenvalue weighted by atomic mass is 10.1. The number of anilines is 2. The standard InChI is InChI=1S/C28H32FN3O4/c1-19(2)36-25-14-10-22(11-15-25)31-27(33)18-26(28(34)32-23-8-6-21(29)7-9-23)30-17-16-20-4-12-24(35-3)13-5-20/h4-15,19,26,30H,16-18H2,1-3H3,(H,31,33)(H,32,34). The van der Waals surface area contributed by atoms with E-state index in [0.29, 0.717) is 30.1 Å². The number of amides is 2. The molecule has 0 bridgehead atoms. The summed E-state index contributed by atoms with van der Waals surface area (Å²) in [5.74, 6) is 0.380. The molecule has 0 saturated carbocycles.